The Morgan fingerprint density at radius 1 is 0.679 bits per heavy atom. The predicted molar refractivity (Wildman–Crippen MR) is 115 cm³/mol. The molecule has 0 bridgehead atoms. The van der Waals surface area contributed by atoms with E-state index in [2.05, 4.69) is 99.7 Å². The largest absolute Gasteiger partial charge is 1.00 e. The van der Waals surface area contributed by atoms with Gasteiger partial charge >= 0.3 is 41.9 Å². The monoisotopic (exact) mass is 504 g/mol. The minimum Gasteiger partial charge on any atom is -1.00 e. The van der Waals surface area contributed by atoms with Crippen molar-refractivity contribution in [3.63, 3.8) is 0 Å². The summed E-state index contributed by atoms with van der Waals surface area (Å²) in [6.45, 7) is 9.01. The minimum absolute atomic E-state index is 0. The second-order valence-electron chi connectivity index (χ2n) is 6.60. The van der Waals surface area contributed by atoms with E-state index < -0.39 is 0 Å². The smallest absolute Gasteiger partial charge is 1.00 e. The van der Waals surface area contributed by atoms with Crippen molar-refractivity contribution < 1.29 is 48.1 Å². The van der Waals surface area contributed by atoms with Crippen molar-refractivity contribution in [2.45, 2.75) is 39.8 Å². The van der Waals surface area contributed by atoms with E-state index in [0.29, 0.717) is 0 Å². The Bertz CT molecular complexity index is 891. The molecule has 0 unspecified atom stereocenters. The quantitative estimate of drug-likeness (QED) is 0.282. The zero-order chi connectivity index (χ0) is 18.9. The topological polar surface area (TPSA) is 0 Å². The SMILES string of the molecule is CC[c-]1ccc2ccccc21.CC[c-]1ccc2ccccc21.C[Si](C)=[Zr+2].[Cl-].[Cl-]. The van der Waals surface area contributed by atoms with Gasteiger partial charge in [-0.25, -0.2) is 0 Å². The van der Waals surface area contributed by atoms with E-state index >= 15 is 0 Å². The molecule has 0 heterocycles. The van der Waals surface area contributed by atoms with E-state index in [1.54, 1.807) is 23.3 Å². The summed E-state index contributed by atoms with van der Waals surface area (Å²) in [5, 5.41) is 5.55. The summed E-state index contributed by atoms with van der Waals surface area (Å²) >= 11 is 1.74. The van der Waals surface area contributed by atoms with Crippen LogP contribution in [0, 0.1) is 0 Å². The van der Waals surface area contributed by atoms with Gasteiger partial charge in [-0.3, -0.25) is 0 Å². The first-order chi connectivity index (χ1) is 12.6. The van der Waals surface area contributed by atoms with Gasteiger partial charge in [-0.2, -0.15) is 12.1 Å². The van der Waals surface area contributed by atoms with Crippen LogP contribution >= 0.6 is 0 Å². The third-order valence-electron chi connectivity index (χ3n) is 4.30. The van der Waals surface area contributed by atoms with E-state index in [0.717, 1.165) is 12.8 Å². The molecule has 0 radical (unpaired) electrons. The molecule has 0 saturated heterocycles. The summed E-state index contributed by atoms with van der Waals surface area (Å²) in [4.78, 5) is 0. The van der Waals surface area contributed by atoms with Crippen molar-refractivity contribution in [3.05, 3.63) is 83.9 Å². The Hall–Kier alpha value is -0.660. The van der Waals surface area contributed by atoms with Crippen LogP contribution in [0.4, 0.5) is 0 Å². The fourth-order valence-corrected chi connectivity index (χ4v) is 3.05. The average molecular weight is 507 g/mol. The molecular weight excluding hydrogens is 478 g/mol. The van der Waals surface area contributed by atoms with Crippen LogP contribution in [0.15, 0.2) is 72.8 Å². The zero-order valence-electron chi connectivity index (χ0n) is 17.1. The van der Waals surface area contributed by atoms with Gasteiger partial charge in [0.2, 0.25) is 0 Å². The van der Waals surface area contributed by atoms with Gasteiger partial charge in [0.1, 0.15) is 0 Å². The summed E-state index contributed by atoms with van der Waals surface area (Å²) in [5.74, 6) is 0. The molecule has 4 aromatic rings. The van der Waals surface area contributed by atoms with Crippen molar-refractivity contribution >= 4 is 27.0 Å². The normalized spacial score (nSPS) is 9.36. The van der Waals surface area contributed by atoms with E-state index in [4.69, 9.17) is 0 Å². The van der Waals surface area contributed by atoms with E-state index in [1.165, 1.54) is 32.7 Å². The minimum atomic E-state index is 0. The van der Waals surface area contributed by atoms with Gasteiger partial charge in [0.05, 0.1) is 0 Å². The van der Waals surface area contributed by atoms with Gasteiger partial charge in [0, 0.05) is 0 Å². The average Bonchev–Trinajstić information content (AvgIpc) is 3.25. The molecule has 0 N–H and O–H groups in total. The van der Waals surface area contributed by atoms with Crippen molar-refractivity contribution in [1.82, 2.24) is 0 Å². The van der Waals surface area contributed by atoms with E-state index in [9.17, 15) is 0 Å². The van der Waals surface area contributed by atoms with Crippen LogP contribution in [-0.4, -0.2) is 5.43 Å². The molecule has 28 heavy (non-hydrogen) atoms. The first kappa shape index (κ1) is 27.3. The van der Waals surface area contributed by atoms with Crippen LogP contribution in [0.3, 0.4) is 0 Å². The number of benzene rings is 2. The maximum absolute atomic E-state index is 2.31. The summed E-state index contributed by atoms with van der Waals surface area (Å²) in [6, 6.07) is 25.9. The van der Waals surface area contributed by atoms with Crippen molar-refractivity contribution in [1.29, 1.82) is 0 Å². The van der Waals surface area contributed by atoms with Gasteiger partial charge in [-0.05, 0) is 0 Å². The molecule has 0 aliphatic heterocycles. The molecule has 0 saturated carbocycles. The van der Waals surface area contributed by atoms with Gasteiger partial charge in [0.25, 0.3) is 0 Å². The molecule has 148 valence electrons. The third kappa shape index (κ3) is 7.99. The molecule has 0 atom stereocenters. The third-order valence-corrected chi connectivity index (χ3v) is 4.30. The van der Waals surface area contributed by atoms with Crippen LogP contribution in [-0.2, 0) is 36.2 Å². The Balaban J connectivity index is 0.000000415. The molecule has 0 aromatic heterocycles. The fourth-order valence-electron chi connectivity index (χ4n) is 3.05. The molecule has 4 rings (SSSR count). The Labute approximate surface area is 197 Å². The first-order valence-electron chi connectivity index (χ1n) is 9.35. The maximum Gasteiger partial charge on any atom is -1.00 e. The van der Waals surface area contributed by atoms with Crippen LogP contribution in [0.25, 0.3) is 21.5 Å². The van der Waals surface area contributed by atoms with E-state index in [-0.39, 0.29) is 30.2 Å². The number of hydrogen-bond acceptors (Lipinski definition) is 0. The van der Waals surface area contributed by atoms with Gasteiger partial charge in [-0.15, -0.1) is 81.2 Å². The molecule has 0 nitrogen and oxygen atoms in total. The van der Waals surface area contributed by atoms with Crippen LogP contribution in [0.2, 0.25) is 13.1 Å². The molecule has 4 heteroatoms. The zero-order valence-corrected chi connectivity index (χ0v) is 22.1. The molecule has 0 amide bonds. The predicted octanol–water partition coefficient (Wildman–Crippen LogP) is 1.03. The van der Waals surface area contributed by atoms with Crippen molar-refractivity contribution in [2.75, 3.05) is 0 Å². The number of fused-ring (bicyclic) bond motifs is 2. The molecule has 0 aliphatic rings. The Kier molecular flexibility index (Phi) is 14.0. The standard InChI is InChI=1S/2C11H11.C2H6Si.2ClH.Zr/c2*1-2-9-7-8-10-5-3-4-6-11(9)10;1-3-2;;;/h2*3-8H,2H2,1H3;1-2H3;2*1H;/q2*-1;;;;+2/p-2. The first-order valence-corrected chi connectivity index (χ1v) is 15.5. The molecule has 4 aromatic carbocycles. The summed E-state index contributed by atoms with van der Waals surface area (Å²) in [7, 11) is 0. The van der Waals surface area contributed by atoms with Crippen molar-refractivity contribution in [2.24, 2.45) is 0 Å². The van der Waals surface area contributed by atoms with Crippen LogP contribution in [0.5, 0.6) is 0 Å². The number of hydrogen-bond donors (Lipinski definition) is 0. The summed E-state index contributed by atoms with van der Waals surface area (Å²) in [6.07, 6.45) is 2.26. The number of halogens is 2. The second kappa shape index (κ2) is 14.3. The number of rotatable bonds is 2. The van der Waals surface area contributed by atoms with Crippen molar-refractivity contribution in [3.8, 4) is 0 Å². The summed E-state index contributed by atoms with van der Waals surface area (Å²) in [5.41, 5.74) is 3.13. The number of aryl methyl sites for hydroxylation is 2. The second-order valence-corrected chi connectivity index (χ2v) is 16.0. The summed E-state index contributed by atoms with van der Waals surface area (Å²) < 4.78 is 0. The van der Waals surface area contributed by atoms with E-state index in [1.807, 2.05) is 0 Å². The Morgan fingerprint density at radius 2 is 1.00 bits per heavy atom. The molecule has 0 spiro atoms. The molecule has 0 aliphatic carbocycles. The van der Waals surface area contributed by atoms with Crippen LogP contribution < -0.4 is 24.8 Å². The molecule has 0 fully saturated rings. The molecular formula is C24H28Cl2SiZr-2. The van der Waals surface area contributed by atoms with Crippen LogP contribution in [0.1, 0.15) is 25.0 Å². The Morgan fingerprint density at radius 3 is 1.32 bits per heavy atom. The maximum atomic E-state index is 2.31. The van der Waals surface area contributed by atoms with Gasteiger partial charge in [-0.1, -0.05) is 38.8 Å². The fraction of sp³-hybridized carbons (Fsp3) is 0.250. The van der Waals surface area contributed by atoms with Gasteiger partial charge in [0.15, 0.2) is 0 Å². The van der Waals surface area contributed by atoms with Gasteiger partial charge < -0.3 is 24.8 Å².